The Kier molecular flexibility index (Phi) is 6.94. The highest BCUT2D eigenvalue weighted by Crippen LogP contribution is 2.50. The van der Waals surface area contributed by atoms with E-state index in [4.69, 9.17) is 0 Å². The summed E-state index contributed by atoms with van der Waals surface area (Å²) < 4.78 is 0. The van der Waals surface area contributed by atoms with E-state index in [1.807, 2.05) is 0 Å². The van der Waals surface area contributed by atoms with E-state index < -0.39 is 0 Å². The predicted molar refractivity (Wildman–Crippen MR) is 210 cm³/mol. The van der Waals surface area contributed by atoms with Crippen LogP contribution in [-0.4, -0.2) is 18.1 Å². The predicted octanol–water partition coefficient (Wildman–Crippen LogP) is 11.3. The molecule has 240 valence electrons. The van der Waals surface area contributed by atoms with Gasteiger partial charge in [-0.1, -0.05) is 158 Å². The third kappa shape index (κ3) is 4.78. The highest BCUT2D eigenvalue weighted by atomic mass is 15.2. The Balaban J connectivity index is 0.997. The van der Waals surface area contributed by atoms with Crippen LogP contribution in [0.1, 0.15) is 17.0 Å². The first kappa shape index (κ1) is 29.1. The van der Waals surface area contributed by atoms with Crippen LogP contribution < -0.4 is 9.80 Å². The summed E-state index contributed by atoms with van der Waals surface area (Å²) in [7, 11) is 0. The van der Waals surface area contributed by atoms with Crippen molar-refractivity contribution >= 4 is 22.6 Å². The fourth-order valence-corrected chi connectivity index (χ4v) is 9.06. The van der Waals surface area contributed by atoms with Gasteiger partial charge in [-0.3, -0.25) is 0 Å². The molecule has 0 saturated carbocycles. The van der Waals surface area contributed by atoms with Gasteiger partial charge < -0.3 is 9.80 Å². The monoisotopic (exact) mass is 642 g/mol. The molecule has 0 aromatic heterocycles. The smallest absolute Gasteiger partial charge is 0.0629 e. The fourth-order valence-electron chi connectivity index (χ4n) is 9.06. The Morgan fingerprint density at radius 1 is 0.420 bits per heavy atom. The standard InChI is InChI=1S/C48H38N2/c1-3-13-33(14-4-1)35-17-11-19-39(29-35)49-45-23-9-7-21-41(45)43-31-37(25-27-47(43)49)38-26-28-48-44(32-38)42-22-8-10-24-46(42)50(48)40-20-12-18-36(30-40)34-15-5-2-6-16-34/h1-32,41-43,45-47H. The van der Waals surface area contributed by atoms with E-state index in [2.05, 4.69) is 204 Å². The normalized spacial score (nSPS) is 25.2. The molecule has 0 radical (unpaired) electrons. The van der Waals surface area contributed by atoms with E-state index in [1.54, 1.807) is 0 Å². The number of fused-ring (bicyclic) bond motifs is 6. The minimum Gasteiger partial charge on any atom is -0.357 e. The second-order valence-corrected chi connectivity index (χ2v) is 14.1. The van der Waals surface area contributed by atoms with Gasteiger partial charge in [0.15, 0.2) is 0 Å². The van der Waals surface area contributed by atoms with Crippen LogP contribution in [0.2, 0.25) is 0 Å². The van der Waals surface area contributed by atoms with Gasteiger partial charge in [-0.2, -0.15) is 0 Å². The molecule has 1 saturated heterocycles. The van der Waals surface area contributed by atoms with Crippen molar-refractivity contribution in [3.8, 4) is 22.3 Å². The molecule has 2 aliphatic heterocycles. The van der Waals surface area contributed by atoms with Crippen LogP contribution in [0.5, 0.6) is 0 Å². The molecule has 2 heteroatoms. The highest BCUT2D eigenvalue weighted by Gasteiger charge is 2.46. The average molecular weight is 643 g/mol. The molecule has 6 unspecified atom stereocenters. The lowest BCUT2D eigenvalue weighted by Crippen LogP contribution is -2.36. The summed E-state index contributed by atoms with van der Waals surface area (Å²) in [5, 5.41) is 0. The van der Waals surface area contributed by atoms with Crippen LogP contribution >= 0.6 is 0 Å². The third-order valence-electron chi connectivity index (χ3n) is 11.3. The quantitative estimate of drug-likeness (QED) is 0.188. The minimum absolute atomic E-state index is 0.256. The zero-order chi connectivity index (χ0) is 33.0. The molecule has 0 bridgehead atoms. The van der Waals surface area contributed by atoms with Crippen LogP contribution in [0.3, 0.4) is 0 Å². The van der Waals surface area contributed by atoms with Crippen LogP contribution in [0.15, 0.2) is 194 Å². The summed E-state index contributed by atoms with van der Waals surface area (Å²) in [6.07, 6.45) is 25.9. The van der Waals surface area contributed by atoms with Gasteiger partial charge in [0.25, 0.3) is 0 Å². The van der Waals surface area contributed by atoms with Crippen molar-refractivity contribution in [3.05, 3.63) is 205 Å². The summed E-state index contributed by atoms with van der Waals surface area (Å²) >= 11 is 0. The molecular weight excluding hydrogens is 605 g/mol. The SMILES string of the molecule is C1=CC2c3cc(C4=CC5C6C=CC=CC6N(c6cccc(-c7ccccc7)c6)C5C=C4)ccc3N(c3cccc(-c4ccccc4)c3)C2C=C1. The van der Waals surface area contributed by atoms with Crippen LogP contribution in [0.25, 0.3) is 27.8 Å². The lowest BCUT2D eigenvalue weighted by Gasteiger charge is -2.32. The molecule has 5 aromatic carbocycles. The number of nitrogens with zero attached hydrogens (tertiary/aromatic N) is 2. The second kappa shape index (κ2) is 11.9. The van der Waals surface area contributed by atoms with Crippen molar-refractivity contribution in [3.63, 3.8) is 0 Å². The first-order valence-electron chi connectivity index (χ1n) is 17.9. The largest absolute Gasteiger partial charge is 0.357 e. The number of hydrogen-bond donors (Lipinski definition) is 0. The molecular formula is C48H38N2. The van der Waals surface area contributed by atoms with Gasteiger partial charge in [-0.25, -0.2) is 0 Å². The summed E-state index contributed by atoms with van der Waals surface area (Å²) in [5.74, 6) is 1.12. The third-order valence-corrected chi connectivity index (χ3v) is 11.3. The Hall–Kier alpha value is -5.86. The Morgan fingerprint density at radius 3 is 1.80 bits per heavy atom. The molecule has 50 heavy (non-hydrogen) atoms. The van der Waals surface area contributed by atoms with Crippen LogP contribution in [0, 0.1) is 11.8 Å². The molecule has 1 fully saturated rings. The second-order valence-electron chi connectivity index (χ2n) is 14.1. The summed E-state index contributed by atoms with van der Waals surface area (Å²) in [6.45, 7) is 0. The maximum atomic E-state index is 2.65. The molecule has 0 amide bonds. The first-order chi connectivity index (χ1) is 24.8. The number of anilines is 3. The van der Waals surface area contributed by atoms with Crippen molar-refractivity contribution in [2.75, 3.05) is 9.80 Å². The number of rotatable bonds is 5. The van der Waals surface area contributed by atoms with Crippen molar-refractivity contribution in [2.24, 2.45) is 11.8 Å². The van der Waals surface area contributed by atoms with Crippen LogP contribution in [-0.2, 0) is 0 Å². The number of allylic oxidation sites excluding steroid dienone is 6. The van der Waals surface area contributed by atoms with Crippen LogP contribution in [0.4, 0.5) is 17.1 Å². The molecule has 3 aliphatic carbocycles. The van der Waals surface area contributed by atoms with Crippen molar-refractivity contribution < 1.29 is 0 Å². The van der Waals surface area contributed by atoms with E-state index in [0.29, 0.717) is 29.8 Å². The summed E-state index contributed by atoms with van der Waals surface area (Å²) in [6, 6.07) is 47.6. The molecule has 0 N–H and O–H groups in total. The molecule has 5 aliphatic rings. The maximum Gasteiger partial charge on any atom is 0.0629 e. The minimum atomic E-state index is 0.256. The lowest BCUT2D eigenvalue weighted by molar-refractivity contribution is 0.528. The van der Waals surface area contributed by atoms with Gasteiger partial charge in [-0.05, 0) is 75.4 Å². The molecule has 5 aromatic rings. The summed E-state index contributed by atoms with van der Waals surface area (Å²) in [4.78, 5) is 5.19. The van der Waals surface area contributed by atoms with Crippen molar-refractivity contribution in [1.82, 2.24) is 0 Å². The van der Waals surface area contributed by atoms with E-state index in [9.17, 15) is 0 Å². The molecule has 6 atom stereocenters. The van der Waals surface area contributed by atoms with Gasteiger partial charge in [0, 0.05) is 34.8 Å². The lowest BCUT2D eigenvalue weighted by atomic mass is 9.80. The van der Waals surface area contributed by atoms with Gasteiger partial charge in [0.1, 0.15) is 0 Å². The van der Waals surface area contributed by atoms with Gasteiger partial charge in [0.05, 0.1) is 18.1 Å². The molecule has 10 rings (SSSR count). The van der Waals surface area contributed by atoms with E-state index in [1.165, 1.54) is 56.0 Å². The topological polar surface area (TPSA) is 6.48 Å². The maximum absolute atomic E-state index is 2.65. The highest BCUT2D eigenvalue weighted by molar-refractivity contribution is 5.83. The van der Waals surface area contributed by atoms with Gasteiger partial charge >= 0.3 is 0 Å². The van der Waals surface area contributed by atoms with Gasteiger partial charge in [-0.15, -0.1) is 0 Å². The van der Waals surface area contributed by atoms with Gasteiger partial charge in [0.2, 0.25) is 0 Å². The van der Waals surface area contributed by atoms with E-state index in [-0.39, 0.29) is 6.04 Å². The van der Waals surface area contributed by atoms with Crippen molar-refractivity contribution in [2.45, 2.75) is 24.0 Å². The Morgan fingerprint density at radius 2 is 1.04 bits per heavy atom. The van der Waals surface area contributed by atoms with E-state index >= 15 is 0 Å². The molecule has 2 heterocycles. The number of hydrogen-bond acceptors (Lipinski definition) is 2. The Bertz CT molecular complexity index is 2270. The molecule has 2 nitrogen and oxygen atoms in total. The van der Waals surface area contributed by atoms with E-state index in [0.717, 1.165) is 0 Å². The first-order valence-corrected chi connectivity index (χ1v) is 17.9. The zero-order valence-electron chi connectivity index (χ0n) is 27.8. The van der Waals surface area contributed by atoms with Crippen molar-refractivity contribution in [1.29, 1.82) is 0 Å². The fraction of sp³-hybridized carbons (Fsp3) is 0.125. The average Bonchev–Trinajstić information content (AvgIpc) is 3.71. The molecule has 0 spiro atoms. The summed E-state index contributed by atoms with van der Waals surface area (Å²) in [5.41, 5.74) is 12.9. The Labute approximate surface area is 295 Å². The number of benzene rings is 5. The zero-order valence-corrected chi connectivity index (χ0v) is 27.8.